The highest BCUT2D eigenvalue weighted by molar-refractivity contribution is 6.29. The predicted molar refractivity (Wildman–Crippen MR) is 113 cm³/mol. The number of nitrogens with zero attached hydrogens (tertiary/aromatic N) is 5. The Hall–Kier alpha value is -2.14. The molecule has 0 aliphatic carbocycles. The van der Waals surface area contributed by atoms with Gasteiger partial charge in [0.15, 0.2) is 0 Å². The van der Waals surface area contributed by atoms with E-state index < -0.39 is 12.3 Å². The fourth-order valence-electron chi connectivity index (χ4n) is 3.32. The van der Waals surface area contributed by atoms with E-state index in [9.17, 15) is 9.50 Å². The summed E-state index contributed by atoms with van der Waals surface area (Å²) < 4.78 is 16.2. The summed E-state index contributed by atoms with van der Waals surface area (Å²) in [7, 11) is 4.11. The summed E-state index contributed by atoms with van der Waals surface area (Å²) in [5.41, 5.74) is 0.916. The fourth-order valence-corrected chi connectivity index (χ4v) is 3.48. The number of hydrogen-bond acceptors (Lipinski definition) is 5. The van der Waals surface area contributed by atoms with Crippen molar-refractivity contribution in [2.45, 2.75) is 31.5 Å². The summed E-state index contributed by atoms with van der Waals surface area (Å²) in [6.45, 7) is 2.40. The number of aliphatic hydroxyl groups excluding tert-OH is 1. The number of pyridine rings is 1. The number of rotatable bonds is 6. The normalized spacial score (nSPS) is 16.0. The third kappa shape index (κ3) is 5.92. The van der Waals surface area contributed by atoms with Crippen LogP contribution < -0.4 is 4.90 Å². The third-order valence-corrected chi connectivity index (χ3v) is 5.31. The van der Waals surface area contributed by atoms with Gasteiger partial charge in [0.2, 0.25) is 0 Å². The highest BCUT2D eigenvalue weighted by atomic mass is 35.5. The van der Waals surface area contributed by atoms with Gasteiger partial charge in [-0.15, -0.1) is 0 Å². The zero-order valence-corrected chi connectivity index (χ0v) is 17.7. The van der Waals surface area contributed by atoms with E-state index in [-0.39, 0.29) is 12.8 Å². The van der Waals surface area contributed by atoms with Crippen LogP contribution in [0, 0.1) is 11.8 Å². The minimum atomic E-state index is -1.50. The van der Waals surface area contributed by atoms with Crippen LogP contribution in [0.1, 0.15) is 30.4 Å². The summed E-state index contributed by atoms with van der Waals surface area (Å²) in [5, 5.41) is 14.0. The lowest BCUT2D eigenvalue weighted by atomic mass is 9.94. The van der Waals surface area contributed by atoms with Crippen molar-refractivity contribution in [2.75, 3.05) is 45.2 Å². The topological polar surface area (TPSA) is 57.4 Å². The Balaban J connectivity index is 1.72. The fraction of sp³-hybridized carbons (Fsp3) is 0.524. The molecule has 1 aliphatic heterocycles. The third-order valence-electron chi connectivity index (χ3n) is 5.10. The van der Waals surface area contributed by atoms with Gasteiger partial charge < -0.3 is 14.9 Å². The van der Waals surface area contributed by atoms with Crippen LogP contribution in [0.25, 0.3) is 0 Å². The van der Waals surface area contributed by atoms with Crippen molar-refractivity contribution < 1.29 is 9.50 Å². The van der Waals surface area contributed by atoms with E-state index in [0.29, 0.717) is 18.2 Å². The SMILES string of the molecule is CN(C)CCCn1cc(C#Cc2cnc(Cl)cc2N2CCC(F)(CO)CC2)cn1. The molecular formula is C21H27ClFN5O. The lowest BCUT2D eigenvalue weighted by Gasteiger charge is -2.37. The van der Waals surface area contributed by atoms with Gasteiger partial charge in [0.25, 0.3) is 0 Å². The number of aliphatic hydroxyl groups is 1. The molecule has 3 heterocycles. The van der Waals surface area contributed by atoms with Gasteiger partial charge in [-0.3, -0.25) is 4.68 Å². The second-order valence-electron chi connectivity index (χ2n) is 7.72. The Bertz CT molecular complexity index is 881. The molecule has 0 spiro atoms. The van der Waals surface area contributed by atoms with Gasteiger partial charge in [-0.1, -0.05) is 23.4 Å². The van der Waals surface area contributed by atoms with E-state index >= 15 is 0 Å². The Kier molecular flexibility index (Phi) is 7.12. The second-order valence-corrected chi connectivity index (χ2v) is 8.11. The molecule has 29 heavy (non-hydrogen) atoms. The zero-order chi connectivity index (χ0) is 20.9. The van der Waals surface area contributed by atoms with E-state index in [1.807, 2.05) is 10.9 Å². The maximum atomic E-state index is 14.3. The number of anilines is 1. The minimum Gasteiger partial charge on any atom is -0.393 e. The Morgan fingerprint density at radius 2 is 2.03 bits per heavy atom. The maximum absolute atomic E-state index is 14.3. The number of alkyl halides is 1. The Labute approximate surface area is 176 Å². The van der Waals surface area contributed by atoms with Crippen LogP contribution in [0.4, 0.5) is 10.1 Å². The number of halogens is 2. The molecule has 0 amide bonds. The molecular weight excluding hydrogens is 393 g/mol. The van der Waals surface area contributed by atoms with Gasteiger partial charge >= 0.3 is 0 Å². The van der Waals surface area contributed by atoms with Gasteiger partial charge in [0.05, 0.1) is 29.6 Å². The molecule has 1 fully saturated rings. The molecule has 6 nitrogen and oxygen atoms in total. The second kappa shape index (κ2) is 9.57. The molecule has 0 radical (unpaired) electrons. The van der Waals surface area contributed by atoms with Crippen LogP contribution in [0.3, 0.4) is 0 Å². The number of aromatic nitrogens is 3. The van der Waals surface area contributed by atoms with Crippen molar-refractivity contribution in [3.8, 4) is 11.8 Å². The van der Waals surface area contributed by atoms with Gasteiger partial charge in [0.1, 0.15) is 10.8 Å². The van der Waals surface area contributed by atoms with E-state index in [0.717, 1.165) is 36.3 Å². The molecule has 156 valence electrons. The van der Waals surface area contributed by atoms with Crippen LogP contribution in [-0.4, -0.2) is 70.8 Å². The summed E-state index contributed by atoms with van der Waals surface area (Å²) in [5.74, 6) is 6.30. The van der Waals surface area contributed by atoms with Crippen molar-refractivity contribution in [3.05, 3.63) is 40.9 Å². The summed E-state index contributed by atoms with van der Waals surface area (Å²) >= 11 is 6.09. The van der Waals surface area contributed by atoms with E-state index in [1.54, 1.807) is 18.5 Å². The predicted octanol–water partition coefficient (Wildman–Crippen LogP) is 2.58. The van der Waals surface area contributed by atoms with Crippen molar-refractivity contribution in [1.82, 2.24) is 19.7 Å². The van der Waals surface area contributed by atoms with E-state index in [1.165, 1.54) is 0 Å². The van der Waals surface area contributed by atoms with Crippen molar-refractivity contribution >= 4 is 17.3 Å². The van der Waals surface area contributed by atoms with Crippen LogP contribution in [0.15, 0.2) is 24.7 Å². The molecule has 2 aromatic rings. The molecule has 0 bridgehead atoms. The quantitative estimate of drug-likeness (QED) is 0.576. The molecule has 8 heteroatoms. The molecule has 2 aromatic heterocycles. The molecule has 1 N–H and O–H groups in total. The van der Waals surface area contributed by atoms with Crippen molar-refractivity contribution in [1.29, 1.82) is 0 Å². The van der Waals surface area contributed by atoms with Crippen LogP contribution in [0.2, 0.25) is 5.15 Å². The standard InChI is InChI=1S/C21H27ClFN5O/c1-26(2)8-3-9-28-15-17(13-25-28)4-5-18-14-24-20(22)12-19(18)27-10-6-21(23,16-29)7-11-27/h12-15,29H,3,6-11,16H2,1-2H3. The summed E-state index contributed by atoms with van der Waals surface area (Å²) in [4.78, 5) is 8.35. The lowest BCUT2D eigenvalue weighted by Crippen LogP contribution is -2.44. The monoisotopic (exact) mass is 419 g/mol. The van der Waals surface area contributed by atoms with Crippen LogP contribution in [0.5, 0.6) is 0 Å². The number of aryl methyl sites for hydroxylation is 1. The van der Waals surface area contributed by atoms with Gasteiger partial charge in [-0.25, -0.2) is 9.37 Å². The molecule has 0 saturated carbocycles. The van der Waals surface area contributed by atoms with Crippen molar-refractivity contribution in [2.24, 2.45) is 0 Å². The zero-order valence-electron chi connectivity index (χ0n) is 16.9. The molecule has 0 aromatic carbocycles. The Morgan fingerprint density at radius 3 is 2.72 bits per heavy atom. The van der Waals surface area contributed by atoms with Crippen LogP contribution >= 0.6 is 11.6 Å². The molecule has 1 aliphatic rings. The average molecular weight is 420 g/mol. The first-order chi connectivity index (χ1) is 13.9. The molecule has 3 rings (SSSR count). The van der Waals surface area contributed by atoms with Gasteiger partial charge in [-0.2, -0.15) is 5.10 Å². The first-order valence-electron chi connectivity index (χ1n) is 9.78. The van der Waals surface area contributed by atoms with Crippen molar-refractivity contribution in [3.63, 3.8) is 0 Å². The summed E-state index contributed by atoms with van der Waals surface area (Å²) in [6, 6.07) is 1.76. The maximum Gasteiger partial charge on any atom is 0.137 e. The number of piperidine rings is 1. The highest BCUT2D eigenvalue weighted by Crippen LogP contribution is 2.31. The average Bonchev–Trinajstić information content (AvgIpc) is 3.15. The first kappa shape index (κ1) is 21.6. The lowest BCUT2D eigenvalue weighted by molar-refractivity contribution is 0.0481. The molecule has 0 unspecified atom stereocenters. The Morgan fingerprint density at radius 1 is 1.28 bits per heavy atom. The summed E-state index contributed by atoms with van der Waals surface area (Å²) in [6.07, 6.45) is 6.91. The van der Waals surface area contributed by atoms with E-state index in [4.69, 9.17) is 11.6 Å². The van der Waals surface area contributed by atoms with Gasteiger partial charge in [0, 0.05) is 50.9 Å². The molecule has 1 saturated heterocycles. The minimum absolute atomic E-state index is 0.274. The smallest absolute Gasteiger partial charge is 0.137 e. The molecule has 0 atom stereocenters. The first-order valence-corrected chi connectivity index (χ1v) is 10.2. The van der Waals surface area contributed by atoms with E-state index in [2.05, 4.69) is 45.8 Å². The van der Waals surface area contributed by atoms with Crippen LogP contribution in [-0.2, 0) is 6.54 Å². The highest BCUT2D eigenvalue weighted by Gasteiger charge is 2.34. The largest absolute Gasteiger partial charge is 0.393 e. The van der Waals surface area contributed by atoms with Gasteiger partial charge in [-0.05, 0) is 27.1 Å². The number of hydrogen-bond donors (Lipinski definition) is 1.